The van der Waals surface area contributed by atoms with Crippen molar-refractivity contribution in [3.05, 3.63) is 89.2 Å². The van der Waals surface area contributed by atoms with E-state index in [9.17, 15) is 4.79 Å². The Balaban J connectivity index is 1.82. The molecule has 2 aromatic carbocycles. The summed E-state index contributed by atoms with van der Waals surface area (Å²) in [5.41, 5.74) is 4.64. The highest BCUT2D eigenvalue weighted by Crippen LogP contribution is 2.15. The van der Waals surface area contributed by atoms with Crippen molar-refractivity contribution in [2.75, 3.05) is 12.4 Å². The van der Waals surface area contributed by atoms with E-state index in [0.717, 1.165) is 16.8 Å². The van der Waals surface area contributed by atoms with Crippen LogP contribution in [-0.4, -0.2) is 24.0 Å². The molecule has 0 radical (unpaired) electrons. The van der Waals surface area contributed by atoms with Crippen molar-refractivity contribution in [1.82, 2.24) is 10.3 Å². The Hall–Kier alpha value is -3.67. The number of aryl methyl sites for hydroxylation is 2. The molecule has 148 valence electrons. The Morgan fingerprint density at radius 3 is 2.66 bits per heavy atom. The molecule has 0 unspecified atom stereocenters. The predicted molar refractivity (Wildman–Crippen MR) is 115 cm³/mol. The minimum Gasteiger partial charge on any atom is -0.497 e. The van der Waals surface area contributed by atoms with E-state index >= 15 is 0 Å². The maximum atomic E-state index is 12.7. The second-order valence-electron chi connectivity index (χ2n) is 6.64. The average Bonchev–Trinajstić information content (AvgIpc) is 2.75. The molecule has 6 nitrogen and oxygen atoms in total. The van der Waals surface area contributed by atoms with Gasteiger partial charge in [-0.25, -0.2) is 4.99 Å². The first kappa shape index (κ1) is 20.1. The van der Waals surface area contributed by atoms with Crippen molar-refractivity contribution in [2.24, 2.45) is 4.99 Å². The molecule has 1 aromatic heterocycles. The van der Waals surface area contributed by atoms with Gasteiger partial charge < -0.3 is 10.1 Å². The molecule has 0 saturated heterocycles. The number of amides is 1. The van der Waals surface area contributed by atoms with Gasteiger partial charge in [0, 0.05) is 23.6 Å². The lowest BCUT2D eigenvalue weighted by Crippen LogP contribution is -2.36. The van der Waals surface area contributed by atoms with Gasteiger partial charge in [-0.15, -0.1) is 0 Å². The van der Waals surface area contributed by atoms with Crippen LogP contribution in [0.5, 0.6) is 5.75 Å². The molecule has 3 aromatic rings. The Labute approximate surface area is 170 Å². The van der Waals surface area contributed by atoms with E-state index in [-0.39, 0.29) is 5.91 Å². The SMILES string of the molecule is COc1cccc(C(=O)NC(=NCc2cccnc2)Nc2ccc(C)c(C)c2)c1. The highest BCUT2D eigenvalue weighted by molar-refractivity contribution is 6.10. The highest BCUT2D eigenvalue weighted by atomic mass is 16.5. The van der Waals surface area contributed by atoms with E-state index in [0.29, 0.717) is 23.8 Å². The number of carbonyl (C=O) groups excluding carboxylic acids is 1. The van der Waals surface area contributed by atoms with Gasteiger partial charge in [0.2, 0.25) is 5.96 Å². The van der Waals surface area contributed by atoms with Crippen molar-refractivity contribution < 1.29 is 9.53 Å². The van der Waals surface area contributed by atoms with Crippen LogP contribution in [0, 0.1) is 13.8 Å². The van der Waals surface area contributed by atoms with Crippen molar-refractivity contribution >= 4 is 17.6 Å². The summed E-state index contributed by atoms with van der Waals surface area (Å²) in [4.78, 5) is 21.4. The quantitative estimate of drug-likeness (QED) is 0.510. The number of aromatic nitrogens is 1. The number of guanidine groups is 1. The van der Waals surface area contributed by atoms with Crippen LogP contribution in [0.3, 0.4) is 0 Å². The lowest BCUT2D eigenvalue weighted by molar-refractivity contribution is 0.0976. The topological polar surface area (TPSA) is 75.6 Å². The van der Waals surface area contributed by atoms with Crippen LogP contribution >= 0.6 is 0 Å². The molecule has 0 bridgehead atoms. The first-order valence-electron chi connectivity index (χ1n) is 9.28. The van der Waals surface area contributed by atoms with Gasteiger partial charge in [-0.2, -0.15) is 0 Å². The Morgan fingerprint density at radius 2 is 1.93 bits per heavy atom. The Morgan fingerprint density at radius 1 is 1.07 bits per heavy atom. The highest BCUT2D eigenvalue weighted by Gasteiger charge is 2.11. The summed E-state index contributed by atoms with van der Waals surface area (Å²) in [6.07, 6.45) is 3.47. The zero-order valence-electron chi connectivity index (χ0n) is 16.8. The summed E-state index contributed by atoms with van der Waals surface area (Å²) in [7, 11) is 1.57. The minimum atomic E-state index is -0.273. The maximum absolute atomic E-state index is 12.7. The predicted octanol–water partition coefficient (Wildman–Crippen LogP) is 4.11. The summed E-state index contributed by atoms with van der Waals surface area (Å²) in [6, 6.07) is 16.8. The third-order valence-electron chi connectivity index (χ3n) is 4.48. The molecule has 0 atom stereocenters. The lowest BCUT2D eigenvalue weighted by Gasteiger charge is -2.13. The van der Waals surface area contributed by atoms with Crippen LogP contribution in [0.4, 0.5) is 5.69 Å². The zero-order valence-corrected chi connectivity index (χ0v) is 16.8. The van der Waals surface area contributed by atoms with Crippen molar-refractivity contribution in [1.29, 1.82) is 0 Å². The van der Waals surface area contributed by atoms with E-state index < -0.39 is 0 Å². The standard InChI is InChI=1S/C23H24N4O2/c1-16-9-10-20(12-17(16)2)26-23(25-15-18-6-5-11-24-14-18)27-22(28)19-7-4-8-21(13-19)29-3/h4-14H,15H2,1-3H3,(H2,25,26,27,28). The van der Waals surface area contributed by atoms with Gasteiger partial charge in [0.15, 0.2) is 0 Å². The number of rotatable bonds is 5. The summed E-state index contributed by atoms with van der Waals surface area (Å²) in [5.74, 6) is 0.712. The van der Waals surface area contributed by atoms with E-state index in [2.05, 4.69) is 27.5 Å². The number of anilines is 1. The normalized spacial score (nSPS) is 11.1. The van der Waals surface area contributed by atoms with Gasteiger partial charge in [0.25, 0.3) is 5.91 Å². The number of nitrogens with one attached hydrogen (secondary N) is 2. The number of hydrogen-bond acceptors (Lipinski definition) is 4. The van der Waals surface area contributed by atoms with Gasteiger partial charge in [0.1, 0.15) is 5.75 Å². The summed E-state index contributed by atoms with van der Waals surface area (Å²) < 4.78 is 5.20. The fourth-order valence-electron chi connectivity index (χ4n) is 2.67. The first-order valence-corrected chi connectivity index (χ1v) is 9.28. The van der Waals surface area contributed by atoms with Crippen LogP contribution in [-0.2, 0) is 6.54 Å². The summed E-state index contributed by atoms with van der Waals surface area (Å²) in [5, 5.41) is 6.07. The first-order chi connectivity index (χ1) is 14.0. The van der Waals surface area contributed by atoms with Gasteiger partial charge in [-0.3, -0.25) is 15.1 Å². The maximum Gasteiger partial charge on any atom is 0.258 e. The number of methoxy groups -OCH3 is 1. The van der Waals surface area contributed by atoms with Gasteiger partial charge >= 0.3 is 0 Å². The molecule has 0 aliphatic rings. The third kappa shape index (κ3) is 5.65. The Kier molecular flexibility index (Phi) is 6.58. The molecule has 1 heterocycles. The molecule has 0 aliphatic heterocycles. The van der Waals surface area contributed by atoms with Crippen LogP contribution in [0.1, 0.15) is 27.0 Å². The Bertz CT molecular complexity index is 1020. The monoisotopic (exact) mass is 388 g/mol. The van der Waals surface area contributed by atoms with E-state index in [1.165, 1.54) is 5.56 Å². The molecule has 3 rings (SSSR count). The molecule has 0 fully saturated rings. The van der Waals surface area contributed by atoms with E-state index in [1.807, 2.05) is 37.3 Å². The van der Waals surface area contributed by atoms with Crippen LogP contribution in [0.2, 0.25) is 0 Å². The molecule has 6 heteroatoms. The molecular weight excluding hydrogens is 364 g/mol. The van der Waals surface area contributed by atoms with Gasteiger partial charge in [0.05, 0.1) is 13.7 Å². The number of benzene rings is 2. The third-order valence-corrected chi connectivity index (χ3v) is 4.48. The van der Waals surface area contributed by atoms with Crippen LogP contribution in [0.25, 0.3) is 0 Å². The van der Waals surface area contributed by atoms with Gasteiger partial charge in [-0.05, 0) is 66.9 Å². The largest absolute Gasteiger partial charge is 0.497 e. The molecular formula is C23H24N4O2. The number of ether oxygens (including phenoxy) is 1. The summed E-state index contributed by atoms with van der Waals surface area (Å²) in [6.45, 7) is 4.49. The number of carbonyl (C=O) groups is 1. The molecule has 0 saturated carbocycles. The number of aliphatic imine (C=N–C) groups is 1. The minimum absolute atomic E-state index is 0.273. The zero-order chi connectivity index (χ0) is 20.6. The molecule has 29 heavy (non-hydrogen) atoms. The van der Waals surface area contributed by atoms with Gasteiger partial charge in [-0.1, -0.05) is 18.2 Å². The van der Waals surface area contributed by atoms with E-state index in [4.69, 9.17) is 4.74 Å². The fourth-order valence-corrected chi connectivity index (χ4v) is 2.67. The lowest BCUT2D eigenvalue weighted by atomic mass is 10.1. The molecule has 0 aliphatic carbocycles. The fraction of sp³-hybridized carbons (Fsp3) is 0.174. The van der Waals surface area contributed by atoms with E-state index in [1.54, 1.807) is 43.8 Å². The summed E-state index contributed by atoms with van der Waals surface area (Å²) >= 11 is 0. The van der Waals surface area contributed by atoms with Crippen LogP contribution in [0.15, 0.2) is 72.0 Å². The average molecular weight is 388 g/mol. The second-order valence-corrected chi connectivity index (χ2v) is 6.64. The molecule has 1 amide bonds. The van der Waals surface area contributed by atoms with Crippen molar-refractivity contribution in [2.45, 2.75) is 20.4 Å². The van der Waals surface area contributed by atoms with Crippen LogP contribution < -0.4 is 15.4 Å². The smallest absolute Gasteiger partial charge is 0.258 e. The van der Waals surface area contributed by atoms with Crippen molar-refractivity contribution in [3.8, 4) is 5.75 Å². The van der Waals surface area contributed by atoms with Crippen molar-refractivity contribution in [3.63, 3.8) is 0 Å². The molecule has 0 spiro atoms. The number of hydrogen-bond donors (Lipinski definition) is 2. The number of pyridine rings is 1. The number of nitrogens with zero attached hydrogens (tertiary/aromatic N) is 2. The molecule has 2 N–H and O–H groups in total. The second kappa shape index (κ2) is 9.50.